The van der Waals surface area contributed by atoms with Crippen molar-refractivity contribution in [2.75, 3.05) is 6.54 Å². The van der Waals surface area contributed by atoms with Gasteiger partial charge in [-0.25, -0.2) is 9.37 Å². The molecule has 0 atom stereocenters. The molecule has 0 amide bonds. The molecule has 0 saturated heterocycles. The van der Waals surface area contributed by atoms with Gasteiger partial charge in [0.2, 0.25) is 0 Å². The van der Waals surface area contributed by atoms with Crippen molar-refractivity contribution in [3.8, 4) is 0 Å². The molecule has 4 nitrogen and oxygen atoms in total. The van der Waals surface area contributed by atoms with Crippen molar-refractivity contribution < 1.29 is 9.18 Å². The van der Waals surface area contributed by atoms with Crippen LogP contribution in [0.3, 0.4) is 0 Å². The number of ketones is 1. The van der Waals surface area contributed by atoms with Gasteiger partial charge in [-0.2, -0.15) is 0 Å². The fraction of sp³-hybridized carbons (Fsp3) is 0.500. The number of Topliss-reactive ketones (excluding diaryl/α,β-unsaturated/α-hetero) is 1. The standard InChI is InChI=1S/C16H22FN3O/c1-11(2)18-8-6-16-19-14-10-13(17)4-5-15(14)20(16)9-7-12(3)21/h4-5,10-11,18H,6-9H2,1-3H3. The summed E-state index contributed by atoms with van der Waals surface area (Å²) in [5.41, 5.74) is 1.54. The van der Waals surface area contributed by atoms with E-state index >= 15 is 0 Å². The van der Waals surface area contributed by atoms with Gasteiger partial charge in [0.15, 0.2) is 0 Å². The molecule has 5 heteroatoms. The van der Waals surface area contributed by atoms with Gasteiger partial charge in [0, 0.05) is 38.0 Å². The zero-order chi connectivity index (χ0) is 15.4. The molecule has 2 rings (SSSR count). The number of halogens is 1. The molecule has 0 spiro atoms. The van der Waals surface area contributed by atoms with Crippen LogP contribution in [-0.2, 0) is 17.8 Å². The first-order valence-electron chi connectivity index (χ1n) is 7.35. The summed E-state index contributed by atoms with van der Waals surface area (Å²) in [4.78, 5) is 15.8. The van der Waals surface area contributed by atoms with E-state index < -0.39 is 0 Å². The largest absolute Gasteiger partial charge is 0.327 e. The summed E-state index contributed by atoms with van der Waals surface area (Å²) in [5, 5.41) is 3.35. The Morgan fingerprint density at radius 2 is 2.19 bits per heavy atom. The molecular weight excluding hydrogens is 269 g/mol. The normalized spacial score (nSPS) is 11.5. The summed E-state index contributed by atoms with van der Waals surface area (Å²) in [6.07, 6.45) is 1.22. The van der Waals surface area contributed by atoms with Gasteiger partial charge >= 0.3 is 0 Å². The maximum Gasteiger partial charge on any atom is 0.131 e. The number of nitrogens with one attached hydrogen (secondary N) is 1. The second-order valence-electron chi connectivity index (χ2n) is 5.62. The molecule has 0 aliphatic heterocycles. The van der Waals surface area contributed by atoms with Crippen molar-refractivity contribution in [2.24, 2.45) is 0 Å². The van der Waals surface area contributed by atoms with Gasteiger partial charge in [0.05, 0.1) is 11.0 Å². The highest BCUT2D eigenvalue weighted by molar-refractivity contribution is 5.77. The van der Waals surface area contributed by atoms with Crippen molar-refractivity contribution in [1.29, 1.82) is 0 Å². The summed E-state index contributed by atoms with van der Waals surface area (Å²) in [6, 6.07) is 5.03. The van der Waals surface area contributed by atoms with Crippen molar-refractivity contribution in [3.63, 3.8) is 0 Å². The minimum atomic E-state index is -0.287. The highest BCUT2D eigenvalue weighted by atomic mass is 19.1. The van der Waals surface area contributed by atoms with Crippen LogP contribution in [0, 0.1) is 5.82 Å². The van der Waals surface area contributed by atoms with E-state index in [9.17, 15) is 9.18 Å². The number of aryl methyl sites for hydroxylation is 1. The Morgan fingerprint density at radius 3 is 2.86 bits per heavy atom. The molecule has 0 bridgehead atoms. The number of fused-ring (bicyclic) bond motifs is 1. The van der Waals surface area contributed by atoms with Crippen LogP contribution in [0.15, 0.2) is 18.2 Å². The molecule has 0 saturated carbocycles. The lowest BCUT2D eigenvalue weighted by molar-refractivity contribution is -0.117. The van der Waals surface area contributed by atoms with Gasteiger partial charge in [-0.3, -0.25) is 4.79 Å². The van der Waals surface area contributed by atoms with Crippen LogP contribution in [0.2, 0.25) is 0 Å². The summed E-state index contributed by atoms with van der Waals surface area (Å²) in [7, 11) is 0. The predicted molar refractivity (Wildman–Crippen MR) is 81.8 cm³/mol. The molecule has 2 aromatic rings. The number of benzene rings is 1. The van der Waals surface area contributed by atoms with Gasteiger partial charge in [-0.1, -0.05) is 13.8 Å². The van der Waals surface area contributed by atoms with E-state index in [-0.39, 0.29) is 11.6 Å². The van der Waals surface area contributed by atoms with Gasteiger partial charge in [-0.15, -0.1) is 0 Å². The highest BCUT2D eigenvalue weighted by Crippen LogP contribution is 2.18. The fourth-order valence-electron chi connectivity index (χ4n) is 2.34. The molecule has 0 fully saturated rings. The third kappa shape index (κ3) is 4.11. The highest BCUT2D eigenvalue weighted by Gasteiger charge is 2.12. The number of carbonyl (C=O) groups is 1. The predicted octanol–water partition coefficient (Wildman–Crippen LogP) is 2.70. The molecule has 114 valence electrons. The van der Waals surface area contributed by atoms with E-state index in [1.165, 1.54) is 12.1 Å². The summed E-state index contributed by atoms with van der Waals surface area (Å²) < 4.78 is 15.4. The average Bonchev–Trinajstić information content (AvgIpc) is 2.72. The first-order valence-corrected chi connectivity index (χ1v) is 7.35. The number of nitrogens with zero attached hydrogens (tertiary/aromatic N) is 2. The number of carbonyl (C=O) groups excluding carboxylic acids is 1. The molecule has 0 aliphatic carbocycles. The van der Waals surface area contributed by atoms with E-state index in [1.54, 1.807) is 13.0 Å². The third-order valence-electron chi connectivity index (χ3n) is 3.38. The van der Waals surface area contributed by atoms with E-state index in [4.69, 9.17) is 0 Å². The monoisotopic (exact) mass is 291 g/mol. The van der Waals surface area contributed by atoms with Crippen molar-refractivity contribution >= 4 is 16.8 Å². The SMILES string of the molecule is CC(=O)CCn1c(CCNC(C)C)nc2cc(F)ccc21. The summed E-state index contributed by atoms with van der Waals surface area (Å²) in [6.45, 7) is 7.17. The number of imidazole rings is 1. The lowest BCUT2D eigenvalue weighted by atomic mass is 10.2. The lowest BCUT2D eigenvalue weighted by Gasteiger charge is -2.10. The lowest BCUT2D eigenvalue weighted by Crippen LogP contribution is -2.26. The van der Waals surface area contributed by atoms with Crippen molar-refractivity contribution in [3.05, 3.63) is 29.8 Å². The van der Waals surface area contributed by atoms with E-state index in [2.05, 4.69) is 24.1 Å². The second-order valence-corrected chi connectivity index (χ2v) is 5.62. The number of hydrogen-bond donors (Lipinski definition) is 1. The van der Waals surface area contributed by atoms with Crippen LogP contribution < -0.4 is 5.32 Å². The van der Waals surface area contributed by atoms with Crippen LogP contribution in [0.5, 0.6) is 0 Å². The molecule has 1 heterocycles. The Bertz CT molecular complexity index is 634. The zero-order valence-electron chi connectivity index (χ0n) is 12.8. The summed E-state index contributed by atoms with van der Waals surface area (Å²) in [5.74, 6) is 0.751. The minimum Gasteiger partial charge on any atom is -0.327 e. The van der Waals surface area contributed by atoms with E-state index in [0.29, 0.717) is 24.5 Å². The Hall–Kier alpha value is -1.75. The Kier molecular flexibility index (Phi) is 5.07. The molecule has 0 radical (unpaired) electrons. The Morgan fingerprint density at radius 1 is 1.43 bits per heavy atom. The van der Waals surface area contributed by atoms with Gasteiger partial charge in [0.1, 0.15) is 17.4 Å². The van der Waals surface area contributed by atoms with Crippen LogP contribution in [0.25, 0.3) is 11.0 Å². The molecule has 1 aromatic carbocycles. The molecule has 0 aliphatic rings. The van der Waals surface area contributed by atoms with Gasteiger partial charge in [-0.05, 0) is 19.1 Å². The van der Waals surface area contributed by atoms with Crippen molar-refractivity contribution in [1.82, 2.24) is 14.9 Å². The van der Waals surface area contributed by atoms with Crippen LogP contribution in [0.4, 0.5) is 4.39 Å². The maximum atomic E-state index is 13.3. The van der Waals surface area contributed by atoms with Gasteiger partial charge in [0.25, 0.3) is 0 Å². The van der Waals surface area contributed by atoms with Crippen LogP contribution >= 0.6 is 0 Å². The second kappa shape index (κ2) is 6.80. The molecule has 21 heavy (non-hydrogen) atoms. The molecule has 0 unspecified atom stereocenters. The quantitative estimate of drug-likeness (QED) is 0.853. The number of rotatable bonds is 7. The maximum absolute atomic E-state index is 13.3. The first kappa shape index (κ1) is 15.6. The minimum absolute atomic E-state index is 0.144. The Labute approximate surface area is 124 Å². The molecule has 1 aromatic heterocycles. The topological polar surface area (TPSA) is 46.9 Å². The Balaban J connectivity index is 2.27. The van der Waals surface area contributed by atoms with Crippen molar-refractivity contribution in [2.45, 2.75) is 46.2 Å². The average molecular weight is 291 g/mol. The summed E-state index contributed by atoms with van der Waals surface area (Å²) >= 11 is 0. The first-order chi connectivity index (χ1) is 9.97. The molecule has 1 N–H and O–H groups in total. The van der Waals surface area contributed by atoms with Gasteiger partial charge < -0.3 is 9.88 Å². The smallest absolute Gasteiger partial charge is 0.131 e. The number of hydrogen-bond acceptors (Lipinski definition) is 3. The molecular formula is C16H22FN3O. The van der Waals surface area contributed by atoms with E-state index in [1.807, 2.05) is 4.57 Å². The van der Waals surface area contributed by atoms with E-state index in [0.717, 1.165) is 24.3 Å². The van der Waals surface area contributed by atoms with Crippen LogP contribution in [-0.4, -0.2) is 27.9 Å². The number of aromatic nitrogens is 2. The fourth-order valence-corrected chi connectivity index (χ4v) is 2.34. The third-order valence-corrected chi connectivity index (χ3v) is 3.38. The zero-order valence-corrected chi connectivity index (χ0v) is 12.8. The van der Waals surface area contributed by atoms with Crippen LogP contribution in [0.1, 0.15) is 33.0 Å².